The van der Waals surface area contributed by atoms with Crippen LogP contribution in [0.25, 0.3) is 0 Å². The Balaban J connectivity index is 1.65. The molecule has 0 aliphatic carbocycles. The fraction of sp³-hybridized carbons (Fsp3) is 0.381. The minimum absolute atomic E-state index is 0.115. The molecule has 1 saturated heterocycles. The third-order valence-corrected chi connectivity index (χ3v) is 6.99. The summed E-state index contributed by atoms with van der Waals surface area (Å²) in [6, 6.07) is 15.7. The number of ether oxygens (including phenoxy) is 1. The summed E-state index contributed by atoms with van der Waals surface area (Å²) in [4.78, 5) is 13.0. The van der Waals surface area contributed by atoms with Crippen molar-refractivity contribution in [2.45, 2.75) is 30.7 Å². The van der Waals surface area contributed by atoms with Crippen molar-refractivity contribution in [3.63, 3.8) is 0 Å². The molecule has 3 rings (SSSR count). The van der Waals surface area contributed by atoms with Gasteiger partial charge in [0.1, 0.15) is 5.75 Å². The van der Waals surface area contributed by atoms with E-state index < -0.39 is 10.0 Å². The van der Waals surface area contributed by atoms with Gasteiger partial charge in [0.15, 0.2) is 0 Å². The molecular formula is C21H26N2O4S. The van der Waals surface area contributed by atoms with E-state index in [9.17, 15) is 13.2 Å². The maximum Gasteiger partial charge on any atom is 0.243 e. The average molecular weight is 403 g/mol. The van der Waals surface area contributed by atoms with Crippen molar-refractivity contribution < 1.29 is 17.9 Å². The zero-order chi connectivity index (χ0) is 20.1. The Kier molecular flexibility index (Phi) is 6.36. The number of piperidine rings is 1. The molecule has 1 N–H and O–H groups in total. The molecule has 1 amide bonds. The lowest BCUT2D eigenvalue weighted by molar-refractivity contribution is -0.126. The molecule has 1 fully saturated rings. The van der Waals surface area contributed by atoms with E-state index in [-0.39, 0.29) is 29.3 Å². The number of nitrogens with zero attached hydrogens (tertiary/aromatic N) is 1. The van der Waals surface area contributed by atoms with E-state index in [2.05, 4.69) is 5.32 Å². The molecule has 0 spiro atoms. The second kappa shape index (κ2) is 8.75. The molecule has 1 heterocycles. The maximum absolute atomic E-state index is 12.8. The minimum Gasteiger partial charge on any atom is -0.497 e. The van der Waals surface area contributed by atoms with Crippen molar-refractivity contribution in [3.05, 3.63) is 60.2 Å². The first-order valence-corrected chi connectivity index (χ1v) is 10.9. The molecule has 2 aromatic rings. The van der Waals surface area contributed by atoms with Crippen LogP contribution >= 0.6 is 0 Å². The van der Waals surface area contributed by atoms with Crippen LogP contribution in [-0.4, -0.2) is 38.8 Å². The van der Waals surface area contributed by atoms with Gasteiger partial charge in [-0.25, -0.2) is 8.42 Å². The lowest BCUT2D eigenvalue weighted by Crippen LogP contribution is -2.45. The lowest BCUT2D eigenvalue weighted by Gasteiger charge is -2.32. The van der Waals surface area contributed by atoms with Gasteiger partial charge in [-0.3, -0.25) is 4.79 Å². The maximum atomic E-state index is 12.8. The van der Waals surface area contributed by atoms with Crippen molar-refractivity contribution in [2.75, 3.05) is 20.2 Å². The molecule has 28 heavy (non-hydrogen) atoms. The van der Waals surface area contributed by atoms with Gasteiger partial charge >= 0.3 is 0 Å². The molecule has 1 aliphatic heterocycles. The normalized spacial score (nSPS) is 19.0. The number of nitrogens with one attached hydrogen (secondary N) is 1. The Bertz CT molecular complexity index is 898. The predicted octanol–water partition coefficient (Wildman–Crippen LogP) is 2.97. The highest BCUT2D eigenvalue weighted by Gasteiger charge is 2.33. The topological polar surface area (TPSA) is 75.7 Å². The van der Waals surface area contributed by atoms with Gasteiger partial charge in [0.25, 0.3) is 0 Å². The molecule has 2 aromatic carbocycles. The van der Waals surface area contributed by atoms with E-state index in [0.29, 0.717) is 19.4 Å². The number of carbonyl (C=O) groups excluding carboxylic acids is 1. The van der Waals surface area contributed by atoms with Crippen molar-refractivity contribution in [3.8, 4) is 5.75 Å². The van der Waals surface area contributed by atoms with E-state index >= 15 is 0 Å². The first-order valence-electron chi connectivity index (χ1n) is 9.41. The van der Waals surface area contributed by atoms with Gasteiger partial charge in [0.2, 0.25) is 15.9 Å². The summed E-state index contributed by atoms with van der Waals surface area (Å²) in [5.41, 5.74) is 0.971. The molecule has 0 bridgehead atoms. The van der Waals surface area contributed by atoms with Gasteiger partial charge in [-0.05, 0) is 49.6 Å². The van der Waals surface area contributed by atoms with Gasteiger partial charge < -0.3 is 10.1 Å². The molecular weight excluding hydrogens is 376 g/mol. The van der Waals surface area contributed by atoms with Crippen LogP contribution in [-0.2, 0) is 14.8 Å². The third-order valence-electron chi connectivity index (χ3n) is 5.11. The van der Waals surface area contributed by atoms with Crippen LogP contribution in [0.2, 0.25) is 0 Å². The molecule has 2 atom stereocenters. The van der Waals surface area contributed by atoms with Crippen LogP contribution < -0.4 is 10.1 Å². The zero-order valence-corrected chi connectivity index (χ0v) is 17.0. The van der Waals surface area contributed by atoms with Crippen LogP contribution in [0.5, 0.6) is 5.75 Å². The van der Waals surface area contributed by atoms with Crippen molar-refractivity contribution in [1.29, 1.82) is 0 Å². The van der Waals surface area contributed by atoms with Crippen LogP contribution in [0.4, 0.5) is 0 Å². The fourth-order valence-corrected chi connectivity index (χ4v) is 4.97. The van der Waals surface area contributed by atoms with E-state index in [4.69, 9.17) is 4.74 Å². The highest BCUT2D eigenvalue weighted by molar-refractivity contribution is 7.89. The summed E-state index contributed by atoms with van der Waals surface area (Å²) in [6.45, 7) is 2.56. The largest absolute Gasteiger partial charge is 0.497 e. The van der Waals surface area contributed by atoms with Gasteiger partial charge in [-0.1, -0.05) is 30.3 Å². The number of hydrogen-bond donors (Lipinski definition) is 1. The summed E-state index contributed by atoms with van der Waals surface area (Å²) >= 11 is 0. The molecule has 7 heteroatoms. The standard InChI is InChI=1S/C21H26N2O4S/c1-16(17-10-12-19(27-2)13-11-17)22-21(24)18-7-6-14-23(15-18)28(25,26)20-8-4-3-5-9-20/h3-5,8-13,16,18H,6-7,14-15H2,1-2H3,(H,22,24)/t16-,18+/m1/s1. The van der Waals surface area contributed by atoms with Crippen LogP contribution in [0, 0.1) is 5.92 Å². The summed E-state index contributed by atoms with van der Waals surface area (Å²) in [6.07, 6.45) is 1.35. The molecule has 1 aliphatic rings. The third kappa shape index (κ3) is 4.54. The number of carbonyl (C=O) groups is 1. The van der Waals surface area contributed by atoms with Gasteiger partial charge in [-0.15, -0.1) is 0 Å². The number of sulfonamides is 1. The molecule has 0 unspecified atom stereocenters. The van der Waals surface area contributed by atoms with Crippen molar-refractivity contribution >= 4 is 15.9 Å². The van der Waals surface area contributed by atoms with Crippen molar-refractivity contribution in [1.82, 2.24) is 9.62 Å². The van der Waals surface area contributed by atoms with Crippen LogP contribution in [0.3, 0.4) is 0 Å². The Labute approximate surface area is 166 Å². The zero-order valence-electron chi connectivity index (χ0n) is 16.2. The highest BCUT2D eigenvalue weighted by Crippen LogP contribution is 2.25. The number of benzene rings is 2. The summed E-state index contributed by atoms with van der Waals surface area (Å²) in [5.74, 6) is 0.292. The number of hydrogen-bond acceptors (Lipinski definition) is 4. The van der Waals surface area contributed by atoms with Crippen molar-refractivity contribution in [2.24, 2.45) is 5.92 Å². The van der Waals surface area contributed by atoms with Gasteiger partial charge in [0, 0.05) is 13.1 Å². The van der Waals surface area contributed by atoms with Crippen LogP contribution in [0.1, 0.15) is 31.4 Å². The second-order valence-corrected chi connectivity index (χ2v) is 8.96. The first-order chi connectivity index (χ1) is 13.4. The number of rotatable bonds is 6. The molecule has 0 saturated carbocycles. The van der Waals surface area contributed by atoms with E-state index in [1.807, 2.05) is 31.2 Å². The Morgan fingerprint density at radius 1 is 1.14 bits per heavy atom. The molecule has 0 aromatic heterocycles. The van der Waals surface area contributed by atoms with Gasteiger partial charge in [0.05, 0.1) is 24.0 Å². The highest BCUT2D eigenvalue weighted by atomic mass is 32.2. The van der Waals surface area contributed by atoms with Gasteiger partial charge in [-0.2, -0.15) is 4.31 Å². The quantitative estimate of drug-likeness (QED) is 0.806. The lowest BCUT2D eigenvalue weighted by atomic mass is 9.98. The Morgan fingerprint density at radius 3 is 2.46 bits per heavy atom. The summed E-state index contributed by atoms with van der Waals surface area (Å²) in [7, 11) is -1.97. The SMILES string of the molecule is COc1ccc([C@@H](C)NC(=O)[C@H]2CCCN(S(=O)(=O)c3ccccc3)C2)cc1. The monoisotopic (exact) mass is 402 g/mol. The Hall–Kier alpha value is -2.38. The molecule has 150 valence electrons. The average Bonchev–Trinajstić information content (AvgIpc) is 2.74. The van der Waals surface area contributed by atoms with E-state index in [1.165, 1.54) is 4.31 Å². The minimum atomic E-state index is -3.58. The number of amides is 1. The summed E-state index contributed by atoms with van der Waals surface area (Å²) < 4.78 is 32.3. The fourth-order valence-electron chi connectivity index (χ4n) is 3.42. The Morgan fingerprint density at radius 2 is 1.82 bits per heavy atom. The van der Waals surface area contributed by atoms with E-state index in [1.54, 1.807) is 37.4 Å². The first kappa shape index (κ1) is 20.4. The number of methoxy groups -OCH3 is 1. The second-order valence-electron chi connectivity index (χ2n) is 7.02. The molecule has 0 radical (unpaired) electrons. The smallest absolute Gasteiger partial charge is 0.243 e. The van der Waals surface area contributed by atoms with E-state index in [0.717, 1.165) is 11.3 Å². The predicted molar refractivity (Wildman–Crippen MR) is 107 cm³/mol. The van der Waals surface area contributed by atoms with Crippen LogP contribution in [0.15, 0.2) is 59.5 Å². The summed E-state index contributed by atoms with van der Waals surface area (Å²) in [5, 5.41) is 3.01. The molecule has 6 nitrogen and oxygen atoms in total.